The number of esters is 1. The third-order valence-corrected chi connectivity index (χ3v) is 3.87. The van der Waals surface area contributed by atoms with E-state index in [-0.39, 0.29) is 29.9 Å². The molecule has 7 heteroatoms. The molecule has 138 valence electrons. The van der Waals surface area contributed by atoms with E-state index in [0.717, 1.165) is 6.07 Å². The Labute approximate surface area is 148 Å². The summed E-state index contributed by atoms with van der Waals surface area (Å²) < 4.78 is 48.9. The van der Waals surface area contributed by atoms with Crippen molar-refractivity contribution in [1.29, 1.82) is 0 Å². The number of ketones is 1. The maximum Gasteiger partial charge on any atom is 0.416 e. The van der Waals surface area contributed by atoms with E-state index in [1.54, 1.807) is 0 Å². The Morgan fingerprint density at radius 3 is 2.12 bits per heavy atom. The van der Waals surface area contributed by atoms with Gasteiger partial charge < -0.3 is 9.47 Å². The van der Waals surface area contributed by atoms with E-state index in [9.17, 15) is 22.8 Å². The molecule has 4 nitrogen and oxygen atoms in total. The number of rotatable bonds is 6. The molecule has 0 saturated heterocycles. The number of aryl methyl sites for hydroxylation is 1. The molecule has 0 saturated carbocycles. The van der Waals surface area contributed by atoms with Crippen LogP contribution in [-0.2, 0) is 17.3 Å². The summed E-state index contributed by atoms with van der Waals surface area (Å²) in [6, 6.07) is 9.45. The molecular formula is C19H17F3O4. The molecule has 0 fully saturated rings. The fourth-order valence-electron chi connectivity index (χ4n) is 2.47. The van der Waals surface area contributed by atoms with Gasteiger partial charge in [-0.2, -0.15) is 13.2 Å². The van der Waals surface area contributed by atoms with E-state index in [0.29, 0.717) is 11.1 Å². The zero-order valence-electron chi connectivity index (χ0n) is 14.2. The quantitative estimate of drug-likeness (QED) is 0.565. The van der Waals surface area contributed by atoms with Crippen LogP contribution in [0.15, 0.2) is 42.5 Å². The largest absolute Gasteiger partial charge is 0.497 e. The van der Waals surface area contributed by atoms with Gasteiger partial charge in [-0.05, 0) is 36.2 Å². The third-order valence-electron chi connectivity index (χ3n) is 3.87. The number of carbonyl (C=O) groups excluding carboxylic acids is 2. The number of methoxy groups -OCH3 is 2. The summed E-state index contributed by atoms with van der Waals surface area (Å²) in [6.45, 7) is 0. The molecule has 2 aromatic rings. The molecule has 0 unspecified atom stereocenters. The van der Waals surface area contributed by atoms with Crippen molar-refractivity contribution < 1.29 is 32.2 Å². The third kappa shape index (κ3) is 4.62. The topological polar surface area (TPSA) is 52.6 Å². The number of alkyl halides is 3. The average Bonchev–Trinajstić information content (AvgIpc) is 2.64. The van der Waals surface area contributed by atoms with Gasteiger partial charge in [0.2, 0.25) is 0 Å². The van der Waals surface area contributed by atoms with Gasteiger partial charge >= 0.3 is 12.1 Å². The van der Waals surface area contributed by atoms with Crippen LogP contribution in [0.2, 0.25) is 0 Å². The molecule has 2 aromatic carbocycles. The Kier molecular flexibility index (Phi) is 6.02. The summed E-state index contributed by atoms with van der Waals surface area (Å²) in [6.07, 6.45) is -4.68. The fraction of sp³-hybridized carbons (Fsp3) is 0.263. The van der Waals surface area contributed by atoms with Crippen LogP contribution < -0.4 is 4.74 Å². The van der Waals surface area contributed by atoms with E-state index in [1.165, 1.54) is 50.6 Å². The van der Waals surface area contributed by atoms with Gasteiger partial charge in [0.1, 0.15) is 5.75 Å². The second-order valence-corrected chi connectivity index (χ2v) is 5.51. The summed E-state index contributed by atoms with van der Waals surface area (Å²) in [5, 5.41) is 0. The Morgan fingerprint density at radius 1 is 0.962 bits per heavy atom. The van der Waals surface area contributed by atoms with Gasteiger partial charge in [-0.3, -0.25) is 4.79 Å². The lowest BCUT2D eigenvalue weighted by Gasteiger charge is -2.14. The zero-order valence-corrected chi connectivity index (χ0v) is 14.2. The van der Waals surface area contributed by atoms with E-state index >= 15 is 0 Å². The highest BCUT2D eigenvalue weighted by atomic mass is 19.4. The van der Waals surface area contributed by atoms with Crippen LogP contribution in [0.4, 0.5) is 13.2 Å². The molecule has 2 rings (SSSR count). The van der Waals surface area contributed by atoms with Crippen LogP contribution in [0.1, 0.15) is 38.3 Å². The number of ether oxygens (including phenoxy) is 2. The number of hydrogen-bond donors (Lipinski definition) is 0. The SMILES string of the molecule is COC(=O)c1ccc(C(=O)CCc2ccc(OC)cc2C(F)(F)F)cc1. The first-order valence-corrected chi connectivity index (χ1v) is 7.72. The van der Waals surface area contributed by atoms with Gasteiger partial charge in [0.25, 0.3) is 0 Å². The van der Waals surface area contributed by atoms with E-state index in [2.05, 4.69) is 4.74 Å². The molecule has 0 bridgehead atoms. The zero-order chi connectivity index (χ0) is 19.3. The lowest BCUT2D eigenvalue weighted by Crippen LogP contribution is -2.11. The molecule has 0 aliphatic carbocycles. The van der Waals surface area contributed by atoms with Crippen molar-refractivity contribution in [3.63, 3.8) is 0 Å². The van der Waals surface area contributed by atoms with E-state index < -0.39 is 17.7 Å². The van der Waals surface area contributed by atoms with Crippen LogP contribution in [0.25, 0.3) is 0 Å². The predicted molar refractivity (Wildman–Crippen MR) is 88.4 cm³/mol. The van der Waals surface area contributed by atoms with Crippen LogP contribution in [-0.4, -0.2) is 26.0 Å². The van der Waals surface area contributed by atoms with Crippen LogP contribution in [0, 0.1) is 0 Å². The summed E-state index contributed by atoms with van der Waals surface area (Å²) in [7, 11) is 2.53. The summed E-state index contributed by atoms with van der Waals surface area (Å²) in [5.74, 6) is -0.742. The van der Waals surface area contributed by atoms with Gasteiger partial charge in [0.15, 0.2) is 5.78 Å². The average molecular weight is 366 g/mol. The smallest absolute Gasteiger partial charge is 0.416 e. The second kappa shape index (κ2) is 8.03. The van der Waals surface area contributed by atoms with Gasteiger partial charge in [0.05, 0.1) is 25.3 Å². The van der Waals surface area contributed by atoms with Gasteiger partial charge in [-0.1, -0.05) is 18.2 Å². The van der Waals surface area contributed by atoms with Crippen molar-refractivity contribution in [3.05, 3.63) is 64.7 Å². The normalized spacial score (nSPS) is 11.1. The predicted octanol–water partition coefficient (Wildman–Crippen LogP) is 4.32. The monoisotopic (exact) mass is 366 g/mol. The van der Waals surface area contributed by atoms with Crippen molar-refractivity contribution in [2.45, 2.75) is 19.0 Å². The maximum absolute atomic E-state index is 13.2. The standard InChI is InChI=1S/C19H17F3O4/c1-25-15-9-7-12(16(11-15)19(20,21)22)8-10-17(23)13-3-5-14(6-4-13)18(24)26-2/h3-7,9,11H,8,10H2,1-2H3. The molecule has 0 spiro atoms. The number of hydrogen-bond acceptors (Lipinski definition) is 4. The van der Waals surface area contributed by atoms with Gasteiger partial charge in [-0.25, -0.2) is 4.79 Å². The molecular weight excluding hydrogens is 349 g/mol. The Hall–Kier alpha value is -2.83. The molecule has 0 aliphatic heterocycles. The molecule has 0 N–H and O–H groups in total. The van der Waals surface area contributed by atoms with Crippen molar-refractivity contribution in [2.75, 3.05) is 14.2 Å². The number of Topliss-reactive ketones (excluding diaryl/α,β-unsaturated/α-hetero) is 1. The highest BCUT2D eigenvalue weighted by Gasteiger charge is 2.33. The van der Waals surface area contributed by atoms with Crippen LogP contribution in [0.3, 0.4) is 0 Å². The molecule has 26 heavy (non-hydrogen) atoms. The first-order chi connectivity index (χ1) is 12.3. The number of halogens is 3. The van der Waals surface area contributed by atoms with Crippen molar-refractivity contribution in [2.24, 2.45) is 0 Å². The molecule has 0 atom stereocenters. The first-order valence-electron chi connectivity index (χ1n) is 7.72. The molecule has 0 radical (unpaired) electrons. The second-order valence-electron chi connectivity index (χ2n) is 5.51. The Bertz CT molecular complexity index is 795. The maximum atomic E-state index is 13.2. The van der Waals surface area contributed by atoms with Crippen LogP contribution >= 0.6 is 0 Å². The van der Waals surface area contributed by atoms with Crippen molar-refractivity contribution in [1.82, 2.24) is 0 Å². The summed E-state index contributed by atoms with van der Waals surface area (Å²) >= 11 is 0. The lowest BCUT2D eigenvalue weighted by molar-refractivity contribution is -0.138. The minimum absolute atomic E-state index is 0.0258. The summed E-state index contributed by atoms with van der Waals surface area (Å²) in [4.78, 5) is 23.6. The Balaban J connectivity index is 2.13. The lowest BCUT2D eigenvalue weighted by atomic mass is 9.98. The van der Waals surface area contributed by atoms with Crippen LogP contribution in [0.5, 0.6) is 5.75 Å². The molecule has 0 aliphatic rings. The van der Waals surface area contributed by atoms with E-state index in [4.69, 9.17) is 4.74 Å². The van der Waals surface area contributed by atoms with Gasteiger partial charge in [-0.15, -0.1) is 0 Å². The fourth-order valence-corrected chi connectivity index (χ4v) is 2.47. The summed E-state index contributed by atoms with van der Waals surface area (Å²) in [5.41, 5.74) is -0.179. The van der Waals surface area contributed by atoms with Crippen molar-refractivity contribution >= 4 is 11.8 Å². The molecule has 0 heterocycles. The highest BCUT2D eigenvalue weighted by Crippen LogP contribution is 2.35. The highest BCUT2D eigenvalue weighted by molar-refractivity contribution is 5.97. The number of benzene rings is 2. The number of carbonyl (C=O) groups is 2. The van der Waals surface area contributed by atoms with Gasteiger partial charge in [0, 0.05) is 12.0 Å². The van der Waals surface area contributed by atoms with Crippen molar-refractivity contribution in [3.8, 4) is 5.75 Å². The molecule has 0 aromatic heterocycles. The minimum atomic E-state index is -4.53. The first kappa shape index (κ1) is 19.5. The Morgan fingerprint density at radius 2 is 1.58 bits per heavy atom. The minimum Gasteiger partial charge on any atom is -0.497 e. The molecule has 0 amide bonds. The van der Waals surface area contributed by atoms with E-state index in [1.807, 2.05) is 0 Å².